The molecule has 3 rings (SSSR count). The number of benzene rings is 1. The molecule has 0 spiro atoms. The largest absolute Gasteiger partial charge is 0.331 e. The van der Waals surface area contributed by atoms with Crippen LogP contribution in [0.15, 0.2) is 18.2 Å². The van der Waals surface area contributed by atoms with Gasteiger partial charge in [-0.25, -0.2) is 4.39 Å². The summed E-state index contributed by atoms with van der Waals surface area (Å²) in [5.41, 5.74) is -0.512. The van der Waals surface area contributed by atoms with Crippen LogP contribution in [-0.4, -0.2) is 40.9 Å². The zero-order chi connectivity index (χ0) is 15.1. The third-order valence-corrected chi connectivity index (χ3v) is 4.40. The Balaban J connectivity index is 1.98. The number of halogens is 1. The average Bonchev–Trinajstić information content (AvgIpc) is 2.97. The number of likely N-dealkylation sites (tertiary alicyclic amines) is 1. The number of rotatable bonds is 2. The Morgan fingerprint density at radius 2 is 2.24 bits per heavy atom. The van der Waals surface area contributed by atoms with Gasteiger partial charge in [0.2, 0.25) is 0 Å². The molecule has 0 bridgehead atoms. The fraction of sp³-hybridized carbons (Fsp3) is 0.500. The van der Waals surface area contributed by atoms with Gasteiger partial charge >= 0.3 is 0 Å². The Morgan fingerprint density at radius 1 is 1.48 bits per heavy atom. The first kappa shape index (κ1) is 13.9. The van der Waals surface area contributed by atoms with Crippen molar-refractivity contribution in [2.45, 2.75) is 25.4 Å². The second kappa shape index (κ2) is 5.07. The van der Waals surface area contributed by atoms with Gasteiger partial charge in [0.05, 0.1) is 4.92 Å². The Morgan fingerprint density at radius 3 is 2.95 bits per heavy atom. The van der Waals surface area contributed by atoms with Crippen molar-refractivity contribution in [2.24, 2.45) is 5.92 Å². The lowest BCUT2D eigenvalue weighted by Gasteiger charge is -2.27. The molecule has 1 N–H and O–H groups in total. The van der Waals surface area contributed by atoms with Crippen LogP contribution >= 0.6 is 0 Å². The van der Waals surface area contributed by atoms with Crippen LogP contribution in [0.3, 0.4) is 0 Å². The topological polar surface area (TPSA) is 75.5 Å². The van der Waals surface area contributed by atoms with E-state index in [1.807, 2.05) is 6.92 Å². The van der Waals surface area contributed by atoms with Crippen LogP contribution in [0.25, 0.3) is 0 Å². The SMILES string of the molecule is CC1CC2CNCC2N1C(=O)c1cc(F)ccc1[N+](=O)[O-]. The summed E-state index contributed by atoms with van der Waals surface area (Å²) in [6, 6.07) is 3.06. The number of fused-ring (bicyclic) bond motifs is 1. The van der Waals surface area contributed by atoms with E-state index in [1.165, 1.54) is 0 Å². The van der Waals surface area contributed by atoms with Crippen molar-refractivity contribution in [1.82, 2.24) is 10.2 Å². The molecule has 0 aliphatic carbocycles. The second-order valence-corrected chi connectivity index (χ2v) is 5.70. The summed E-state index contributed by atoms with van der Waals surface area (Å²) in [5, 5.41) is 14.3. The normalized spacial score (nSPS) is 27.7. The highest BCUT2D eigenvalue weighted by Crippen LogP contribution is 2.34. The molecule has 7 heteroatoms. The van der Waals surface area contributed by atoms with E-state index >= 15 is 0 Å². The van der Waals surface area contributed by atoms with Crippen molar-refractivity contribution in [1.29, 1.82) is 0 Å². The maximum absolute atomic E-state index is 13.4. The van der Waals surface area contributed by atoms with Crippen LogP contribution in [0, 0.1) is 21.8 Å². The van der Waals surface area contributed by atoms with Crippen molar-refractivity contribution in [3.05, 3.63) is 39.7 Å². The van der Waals surface area contributed by atoms with E-state index < -0.39 is 16.6 Å². The molecule has 2 aliphatic rings. The highest BCUT2D eigenvalue weighted by Gasteiger charge is 2.45. The molecule has 3 unspecified atom stereocenters. The number of nitrogens with one attached hydrogen (secondary N) is 1. The molecule has 6 nitrogen and oxygen atoms in total. The third-order valence-electron chi connectivity index (χ3n) is 4.40. The Kier molecular flexibility index (Phi) is 3.36. The maximum atomic E-state index is 13.4. The van der Waals surface area contributed by atoms with Crippen LogP contribution < -0.4 is 5.32 Å². The molecule has 0 aromatic heterocycles. The molecule has 3 atom stereocenters. The lowest BCUT2D eigenvalue weighted by Crippen LogP contribution is -2.43. The number of hydrogen-bond donors (Lipinski definition) is 1. The Hall–Kier alpha value is -2.02. The highest BCUT2D eigenvalue weighted by molar-refractivity contribution is 5.98. The van der Waals surface area contributed by atoms with Crippen LogP contribution in [0.1, 0.15) is 23.7 Å². The van der Waals surface area contributed by atoms with E-state index in [1.54, 1.807) is 4.90 Å². The molecule has 2 saturated heterocycles. The Labute approximate surface area is 121 Å². The summed E-state index contributed by atoms with van der Waals surface area (Å²) in [6.45, 7) is 3.47. The molecular weight excluding hydrogens is 277 g/mol. The number of hydrogen-bond acceptors (Lipinski definition) is 4. The lowest BCUT2D eigenvalue weighted by atomic mass is 10.0. The van der Waals surface area contributed by atoms with Crippen LogP contribution in [0.4, 0.5) is 10.1 Å². The predicted molar refractivity (Wildman–Crippen MR) is 73.5 cm³/mol. The molecular formula is C14H16FN3O3. The van der Waals surface area contributed by atoms with Gasteiger partial charge in [-0.2, -0.15) is 0 Å². The van der Waals surface area contributed by atoms with E-state index in [2.05, 4.69) is 5.32 Å². The van der Waals surface area contributed by atoms with Crippen molar-refractivity contribution >= 4 is 11.6 Å². The summed E-state index contributed by atoms with van der Waals surface area (Å²) in [5.74, 6) is -0.724. The summed E-state index contributed by atoms with van der Waals surface area (Å²) < 4.78 is 13.4. The first-order valence-electron chi connectivity index (χ1n) is 6.96. The van der Waals surface area contributed by atoms with Crippen LogP contribution in [0.5, 0.6) is 0 Å². The zero-order valence-electron chi connectivity index (χ0n) is 11.6. The summed E-state index contributed by atoms with van der Waals surface area (Å²) >= 11 is 0. The van der Waals surface area contributed by atoms with E-state index in [4.69, 9.17) is 0 Å². The number of carbonyl (C=O) groups is 1. The van der Waals surface area contributed by atoms with E-state index in [0.717, 1.165) is 31.2 Å². The third kappa shape index (κ3) is 2.27. The summed E-state index contributed by atoms with van der Waals surface area (Å²) in [4.78, 5) is 24.8. The number of carbonyl (C=O) groups excluding carboxylic acids is 1. The van der Waals surface area contributed by atoms with Crippen molar-refractivity contribution in [3.8, 4) is 0 Å². The smallest absolute Gasteiger partial charge is 0.282 e. The van der Waals surface area contributed by atoms with E-state index in [-0.39, 0.29) is 23.3 Å². The average molecular weight is 293 g/mol. The first-order chi connectivity index (χ1) is 9.99. The number of nitro benzene ring substituents is 1. The Bertz CT molecular complexity index is 607. The van der Waals surface area contributed by atoms with Gasteiger partial charge in [0.25, 0.3) is 11.6 Å². The van der Waals surface area contributed by atoms with Gasteiger partial charge in [0, 0.05) is 31.2 Å². The van der Waals surface area contributed by atoms with Gasteiger partial charge in [-0.1, -0.05) is 0 Å². The minimum atomic E-state index is -0.642. The monoisotopic (exact) mass is 293 g/mol. The molecule has 1 aromatic carbocycles. The van der Waals surface area contributed by atoms with Crippen molar-refractivity contribution < 1.29 is 14.1 Å². The minimum absolute atomic E-state index is 0.0115. The maximum Gasteiger partial charge on any atom is 0.282 e. The van der Waals surface area contributed by atoms with Gasteiger partial charge in [0.15, 0.2) is 0 Å². The van der Waals surface area contributed by atoms with Crippen molar-refractivity contribution in [3.63, 3.8) is 0 Å². The zero-order valence-corrected chi connectivity index (χ0v) is 11.6. The number of nitrogens with zero attached hydrogens (tertiary/aromatic N) is 2. The van der Waals surface area contributed by atoms with Gasteiger partial charge < -0.3 is 10.2 Å². The summed E-state index contributed by atoms with van der Waals surface area (Å²) in [7, 11) is 0. The quantitative estimate of drug-likeness (QED) is 0.663. The molecule has 2 fully saturated rings. The predicted octanol–water partition coefficient (Wildman–Crippen LogP) is 1.56. The van der Waals surface area contributed by atoms with Crippen LogP contribution in [0.2, 0.25) is 0 Å². The number of nitro groups is 1. The molecule has 2 aliphatic heterocycles. The van der Waals surface area contributed by atoms with Gasteiger partial charge in [0.1, 0.15) is 11.4 Å². The first-order valence-corrected chi connectivity index (χ1v) is 6.96. The van der Waals surface area contributed by atoms with Gasteiger partial charge in [-0.15, -0.1) is 0 Å². The van der Waals surface area contributed by atoms with E-state index in [9.17, 15) is 19.3 Å². The standard InChI is InChI=1S/C14H16FN3O3/c1-8-4-9-6-16-7-13(9)17(8)14(19)11-5-10(15)2-3-12(11)18(20)21/h2-3,5,8-9,13,16H,4,6-7H2,1H3. The fourth-order valence-corrected chi connectivity index (χ4v) is 3.49. The number of amides is 1. The van der Waals surface area contributed by atoms with Gasteiger partial charge in [-0.3, -0.25) is 14.9 Å². The molecule has 1 amide bonds. The van der Waals surface area contributed by atoms with E-state index in [0.29, 0.717) is 12.5 Å². The lowest BCUT2D eigenvalue weighted by molar-refractivity contribution is -0.385. The molecule has 0 radical (unpaired) electrons. The second-order valence-electron chi connectivity index (χ2n) is 5.70. The summed E-state index contributed by atoms with van der Waals surface area (Å²) in [6.07, 6.45) is 0.868. The fourth-order valence-electron chi connectivity index (χ4n) is 3.49. The minimum Gasteiger partial charge on any atom is -0.331 e. The van der Waals surface area contributed by atoms with Crippen LogP contribution in [-0.2, 0) is 0 Å². The highest BCUT2D eigenvalue weighted by atomic mass is 19.1. The molecule has 21 heavy (non-hydrogen) atoms. The molecule has 2 heterocycles. The van der Waals surface area contributed by atoms with Crippen molar-refractivity contribution in [2.75, 3.05) is 13.1 Å². The van der Waals surface area contributed by atoms with Gasteiger partial charge in [-0.05, 0) is 31.4 Å². The molecule has 112 valence electrons. The molecule has 1 aromatic rings. The molecule has 0 saturated carbocycles.